The normalized spacial score (nSPS) is 16.7. The first-order valence-corrected chi connectivity index (χ1v) is 22.0. The van der Waals surface area contributed by atoms with Crippen LogP contribution in [-0.2, 0) is 46.3 Å². The summed E-state index contributed by atoms with van der Waals surface area (Å²) in [6, 6.07) is 0. The maximum absolute atomic E-state index is 12.1. The molecule has 0 aromatic heterocycles. The number of unbranched alkanes of at least 4 members (excludes halogenated alkanes) is 2. The first-order chi connectivity index (χ1) is 27.8. The number of carbonyl (C=O) groups is 2. The van der Waals surface area contributed by atoms with Gasteiger partial charge in [0.2, 0.25) is 0 Å². The third-order valence-corrected chi connectivity index (χ3v) is 8.57. The van der Waals surface area contributed by atoms with Gasteiger partial charge in [-0.1, -0.05) is 135 Å². The minimum atomic E-state index is -4.81. The zero-order valence-electron chi connectivity index (χ0n) is 33.4. The summed E-state index contributed by atoms with van der Waals surface area (Å²) >= 11 is 0. The van der Waals surface area contributed by atoms with Gasteiger partial charge in [0.1, 0.15) is 31.5 Å². The first-order valence-electron chi connectivity index (χ1n) is 19.0. The van der Waals surface area contributed by atoms with Crippen molar-refractivity contribution in [1.82, 2.24) is 0 Å². The predicted octanol–water partition coefficient (Wildman–Crippen LogP) is 7.15. The third-order valence-electron chi connectivity index (χ3n) is 6.67. The monoisotopic (exact) mass is 856 g/mol. The number of aliphatic hydroxyl groups excluding tert-OH is 3. The molecule has 0 saturated heterocycles. The van der Waals surface area contributed by atoms with E-state index in [4.69, 9.17) is 9.47 Å². The molecule has 0 rings (SSSR count). The van der Waals surface area contributed by atoms with E-state index in [9.17, 15) is 43.8 Å². The molecule has 15 nitrogen and oxygen atoms in total. The van der Waals surface area contributed by atoms with Crippen molar-refractivity contribution in [3.63, 3.8) is 0 Å². The maximum Gasteiger partial charge on any atom is 0.472 e. The molecule has 0 aromatic carbocycles. The number of aliphatic hydroxyl groups is 3. The molecule has 0 fully saturated rings. The molecule has 4 atom stereocenters. The summed E-state index contributed by atoms with van der Waals surface area (Å²) in [5, 5.41) is 29.8. The lowest BCUT2D eigenvalue weighted by Gasteiger charge is -2.19. The Morgan fingerprint density at radius 3 is 1.00 bits per heavy atom. The number of hydrogen-bond donors (Lipinski definition) is 5. The molecule has 0 radical (unpaired) electrons. The van der Waals surface area contributed by atoms with E-state index in [1.807, 2.05) is 109 Å². The molecule has 0 aliphatic heterocycles. The Labute approximate surface area is 343 Å². The van der Waals surface area contributed by atoms with Gasteiger partial charge in [0.05, 0.1) is 26.4 Å². The lowest BCUT2D eigenvalue weighted by Crippen LogP contribution is -2.25. The van der Waals surface area contributed by atoms with Gasteiger partial charge < -0.3 is 34.6 Å². The van der Waals surface area contributed by atoms with Gasteiger partial charge >= 0.3 is 27.6 Å². The van der Waals surface area contributed by atoms with Crippen molar-refractivity contribution in [3.05, 3.63) is 122 Å². The average Bonchev–Trinajstić information content (AvgIpc) is 3.19. The van der Waals surface area contributed by atoms with E-state index in [-0.39, 0.29) is 12.8 Å². The van der Waals surface area contributed by atoms with Crippen molar-refractivity contribution >= 4 is 27.6 Å². The van der Waals surface area contributed by atoms with Crippen LogP contribution in [0.3, 0.4) is 0 Å². The van der Waals surface area contributed by atoms with E-state index in [0.717, 1.165) is 12.8 Å². The highest BCUT2D eigenvalue weighted by Crippen LogP contribution is 2.45. The van der Waals surface area contributed by atoms with Crippen LogP contribution in [0.25, 0.3) is 0 Å². The molecule has 0 aliphatic rings. The van der Waals surface area contributed by atoms with Gasteiger partial charge in [0.15, 0.2) is 0 Å². The molecule has 326 valence electrons. The lowest BCUT2D eigenvalue weighted by atomic mass is 10.2. The number of phosphoric acid groups is 2. The van der Waals surface area contributed by atoms with Crippen molar-refractivity contribution in [3.8, 4) is 0 Å². The quantitative estimate of drug-likeness (QED) is 0.0188. The minimum Gasteiger partial charge on any atom is -0.463 e. The fourth-order valence-electron chi connectivity index (χ4n) is 3.74. The van der Waals surface area contributed by atoms with E-state index in [1.54, 1.807) is 0 Å². The van der Waals surface area contributed by atoms with Gasteiger partial charge in [-0.2, -0.15) is 0 Å². The molecule has 0 amide bonds. The number of rotatable bonds is 34. The lowest BCUT2D eigenvalue weighted by molar-refractivity contribution is -0.148. The van der Waals surface area contributed by atoms with E-state index in [0.29, 0.717) is 25.7 Å². The Balaban J connectivity index is 4.14. The summed E-state index contributed by atoms with van der Waals surface area (Å²) in [5.41, 5.74) is 0. The zero-order chi connectivity index (χ0) is 43.2. The van der Waals surface area contributed by atoms with Crippen LogP contribution in [0.15, 0.2) is 122 Å². The largest absolute Gasteiger partial charge is 0.472 e. The molecule has 4 unspecified atom stereocenters. The molecule has 58 heavy (non-hydrogen) atoms. The molecule has 0 aliphatic carbocycles. The first kappa shape index (κ1) is 54.4. The molecule has 17 heteroatoms. The van der Waals surface area contributed by atoms with E-state index < -0.39 is 85.5 Å². The summed E-state index contributed by atoms with van der Waals surface area (Å²) in [7, 11) is -9.61. The number of allylic oxidation sites excluding steroid dienone is 20. The van der Waals surface area contributed by atoms with Crippen molar-refractivity contribution in [2.24, 2.45) is 0 Å². The third kappa shape index (κ3) is 38.0. The fourth-order valence-corrected chi connectivity index (χ4v) is 5.33. The van der Waals surface area contributed by atoms with Gasteiger partial charge in [-0.05, 0) is 38.5 Å². The van der Waals surface area contributed by atoms with Crippen LogP contribution in [0.1, 0.15) is 65.2 Å². The van der Waals surface area contributed by atoms with Crippen LogP contribution in [0.5, 0.6) is 0 Å². The average molecular weight is 857 g/mol. The minimum absolute atomic E-state index is 0.0914. The SMILES string of the molecule is CC/C=C/C=C/C=C\C=C/C=C/CCCC(=O)OCC(O)COP(=O)(O)OCC(O)COP(=O)(O)OCC(O)COC(=O)CCC/C=C/C=C\C=C/C=C/C=C/CC. The number of ether oxygens (including phenoxy) is 2. The van der Waals surface area contributed by atoms with Crippen LogP contribution in [0.2, 0.25) is 0 Å². The Morgan fingerprint density at radius 1 is 0.448 bits per heavy atom. The standard InChI is InChI=1S/C41H62O15P2/c1-3-5-7-9-11-13-15-17-19-21-23-25-27-29-40(45)51-31-37(42)33-53-57(47,48)55-35-39(44)36-56-58(49,50)54-34-38(43)32-52-41(46)30-28-26-24-22-20-18-16-14-12-10-8-6-4-2/h5-24,37-39,42-44H,3-4,25-36H2,1-2H3,(H,47,48)(H,49,50)/b7-5+,8-6+,11-9+,12-10+,15-13-,16-14-,19-17-,20-18-,23-21+,24-22+. The van der Waals surface area contributed by atoms with Crippen LogP contribution < -0.4 is 0 Å². The molecule has 0 bridgehead atoms. The highest BCUT2D eigenvalue weighted by Gasteiger charge is 2.28. The molecule has 0 saturated carbocycles. The summed E-state index contributed by atoms with van der Waals surface area (Å²) in [6.07, 6.45) is 38.1. The zero-order valence-corrected chi connectivity index (χ0v) is 35.2. The van der Waals surface area contributed by atoms with Gasteiger partial charge in [0.25, 0.3) is 0 Å². The second kappa shape index (κ2) is 36.5. The topological polar surface area (TPSA) is 225 Å². The molecule has 5 N–H and O–H groups in total. The van der Waals surface area contributed by atoms with Gasteiger partial charge in [-0.25, -0.2) is 9.13 Å². The van der Waals surface area contributed by atoms with E-state index in [1.165, 1.54) is 0 Å². The molecule has 0 heterocycles. The fraction of sp³-hybridized carbons (Fsp3) is 0.463. The van der Waals surface area contributed by atoms with E-state index >= 15 is 0 Å². The van der Waals surface area contributed by atoms with Crippen molar-refractivity contribution in [2.75, 3.05) is 39.6 Å². The van der Waals surface area contributed by atoms with Crippen LogP contribution in [0, 0.1) is 0 Å². The number of carbonyl (C=O) groups excluding carboxylic acids is 2. The summed E-state index contributed by atoms with van der Waals surface area (Å²) in [4.78, 5) is 43.4. The van der Waals surface area contributed by atoms with Crippen molar-refractivity contribution in [1.29, 1.82) is 0 Å². The van der Waals surface area contributed by atoms with Gasteiger partial charge in [-0.3, -0.25) is 27.7 Å². The molecular formula is C41H62O15P2. The second-order valence-corrected chi connectivity index (χ2v) is 15.0. The Morgan fingerprint density at radius 2 is 0.707 bits per heavy atom. The molecule has 0 spiro atoms. The summed E-state index contributed by atoms with van der Waals surface area (Å²) in [5.74, 6) is -1.15. The van der Waals surface area contributed by atoms with Crippen molar-refractivity contribution in [2.45, 2.75) is 83.5 Å². The Kier molecular flexibility index (Phi) is 34.3. The highest BCUT2D eigenvalue weighted by molar-refractivity contribution is 7.47. The van der Waals surface area contributed by atoms with Crippen LogP contribution in [0.4, 0.5) is 0 Å². The maximum atomic E-state index is 12.1. The predicted molar refractivity (Wildman–Crippen MR) is 223 cm³/mol. The Hall–Kier alpha value is -3.56. The highest BCUT2D eigenvalue weighted by atomic mass is 31.2. The second-order valence-electron chi connectivity index (χ2n) is 12.1. The van der Waals surface area contributed by atoms with Crippen LogP contribution >= 0.6 is 15.6 Å². The number of esters is 2. The molecule has 0 aromatic rings. The van der Waals surface area contributed by atoms with Gasteiger partial charge in [-0.15, -0.1) is 0 Å². The van der Waals surface area contributed by atoms with Gasteiger partial charge in [0, 0.05) is 12.8 Å². The van der Waals surface area contributed by atoms with Crippen molar-refractivity contribution < 1.29 is 71.4 Å². The van der Waals surface area contributed by atoms with Crippen LogP contribution in [-0.4, -0.2) is 95.0 Å². The summed E-state index contributed by atoms with van der Waals surface area (Å²) in [6.45, 7) is -0.138. The van der Waals surface area contributed by atoms with E-state index in [2.05, 4.69) is 44.1 Å². The number of phosphoric ester groups is 2. The number of hydrogen-bond acceptors (Lipinski definition) is 13. The summed E-state index contributed by atoms with van der Waals surface area (Å²) < 4.78 is 52.5. The molecular weight excluding hydrogens is 794 g/mol. The Bertz CT molecular complexity index is 1400. The smallest absolute Gasteiger partial charge is 0.463 e.